The molecule has 3 aromatic rings. The van der Waals surface area contributed by atoms with Gasteiger partial charge in [0.1, 0.15) is 0 Å². The van der Waals surface area contributed by atoms with Crippen LogP contribution in [0, 0.1) is 0 Å². The van der Waals surface area contributed by atoms with Gasteiger partial charge in [-0.25, -0.2) is 15.0 Å². The highest BCUT2D eigenvalue weighted by atomic mass is 15.2. The first-order valence-corrected chi connectivity index (χ1v) is 9.02. The number of hydrogen-bond donors (Lipinski definition) is 1. The van der Waals surface area contributed by atoms with Crippen molar-refractivity contribution < 1.29 is 0 Å². The minimum absolute atomic E-state index is 0.351. The predicted molar refractivity (Wildman–Crippen MR) is 101 cm³/mol. The molecule has 0 amide bonds. The molecule has 2 aromatic heterocycles. The number of hydrogen-bond acceptors (Lipinski definition) is 6. The number of nitrogens with one attached hydrogen (secondary N) is 1. The first-order valence-electron chi connectivity index (χ1n) is 9.02. The van der Waals surface area contributed by atoms with E-state index in [1.807, 2.05) is 12.3 Å². The summed E-state index contributed by atoms with van der Waals surface area (Å²) in [5.74, 6) is 1.22. The average Bonchev–Trinajstić information content (AvgIpc) is 3.17. The summed E-state index contributed by atoms with van der Waals surface area (Å²) < 4.78 is 0. The number of likely N-dealkylation sites (tertiary alicyclic amines) is 1. The van der Waals surface area contributed by atoms with E-state index < -0.39 is 0 Å². The van der Waals surface area contributed by atoms with Crippen molar-refractivity contribution in [2.24, 2.45) is 0 Å². The molecule has 6 heteroatoms. The quantitative estimate of drug-likeness (QED) is 0.738. The number of aromatic nitrogens is 4. The fraction of sp³-hybridized carbons (Fsp3) is 0.300. The normalized spacial score (nSPS) is 17.3. The molecular weight excluding hydrogens is 324 g/mol. The van der Waals surface area contributed by atoms with Crippen molar-refractivity contribution in [3.05, 3.63) is 72.4 Å². The summed E-state index contributed by atoms with van der Waals surface area (Å²) in [6.45, 7) is 2.17. The van der Waals surface area contributed by atoms with Crippen molar-refractivity contribution in [3.8, 4) is 0 Å². The van der Waals surface area contributed by atoms with E-state index in [2.05, 4.69) is 55.5 Å². The molecule has 0 aliphatic carbocycles. The SMILES string of the molecule is c1ccc(CCN2CCCC2c2ccnc(Nc3cnccn3)n2)cc1. The van der Waals surface area contributed by atoms with Crippen LogP contribution in [-0.4, -0.2) is 37.9 Å². The summed E-state index contributed by atoms with van der Waals surface area (Å²) in [6.07, 6.45) is 10.2. The lowest BCUT2D eigenvalue weighted by Gasteiger charge is -2.24. The Labute approximate surface area is 153 Å². The molecule has 26 heavy (non-hydrogen) atoms. The second-order valence-electron chi connectivity index (χ2n) is 6.45. The van der Waals surface area contributed by atoms with Crippen molar-refractivity contribution >= 4 is 11.8 Å². The van der Waals surface area contributed by atoms with Crippen LogP contribution < -0.4 is 5.32 Å². The van der Waals surface area contributed by atoms with E-state index in [-0.39, 0.29) is 0 Å². The molecule has 1 N–H and O–H groups in total. The van der Waals surface area contributed by atoms with Crippen molar-refractivity contribution in [2.75, 3.05) is 18.4 Å². The van der Waals surface area contributed by atoms with Crippen LogP contribution in [0.25, 0.3) is 0 Å². The maximum atomic E-state index is 4.72. The summed E-state index contributed by atoms with van der Waals surface area (Å²) in [5, 5.41) is 3.13. The maximum Gasteiger partial charge on any atom is 0.228 e. The molecule has 1 aliphatic rings. The first kappa shape index (κ1) is 16.6. The number of anilines is 2. The van der Waals surface area contributed by atoms with Crippen LogP contribution in [-0.2, 0) is 6.42 Å². The van der Waals surface area contributed by atoms with Gasteiger partial charge in [-0.3, -0.25) is 9.88 Å². The second-order valence-corrected chi connectivity index (χ2v) is 6.45. The summed E-state index contributed by atoms with van der Waals surface area (Å²) in [4.78, 5) is 19.8. The minimum atomic E-state index is 0.351. The Hall–Kier alpha value is -2.86. The van der Waals surface area contributed by atoms with E-state index >= 15 is 0 Å². The molecule has 0 spiro atoms. The van der Waals surface area contributed by atoms with Gasteiger partial charge in [0.05, 0.1) is 17.9 Å². The van der Waals surface area contributed by atoms with Gasteiger partial charge in [-0.2, -0.15) is 0 Å². The molecule has 1 aromatic carbocycles. The summed E-state index contributed by atoms with van der Waals surface area (Å²) in [6, 6.07) is 13.0. The van der Waals surface area contributed by atoms with Crippen molar-refractivity contribution in [1.82, 2.24) is 24.8 Å². The lowest BCUT2D eigenvalue weighted by molar-refractivity contribution is 0.256. The molecule has 0 saturated carbocycles. The van der Waals surface area contributed by atoms with E-state index in [0.717, 1.165) is 31.6 Å². The molecule has 132 valence electrons. The summed E-state index contributed by atoms with van der Waals surface area (Å²) >= 11 is 0. The lowest BCUT2D eigenvalue weighted by atomic mass is 10.1. The monoisotopic (exact) mass is 346 g/mol. The fourth-order valence-corrected chi connectivity index (χ4v) is 3.44. The highest BCUT2D eigenvalue weighted by Gasteiger charge is 2.27. The van der Waals surface area contributed by atoms with Crippen LogP contribution in [0.15, 0.2) is 61.2 Å². The number of benzene rings is 1. The van der Waals surface area contributed by atoms with E-state index in [4.69, 9.17) is 4.98 Å². The number of rotatable bonds is 6. The van der Waals surface area contributed by atoms with Crippen molar-refractivity contribution in [1.29, 1.82) is 0 Å². The molecular formula is C20H22N6. The Kier molecular flexibility index (Phi) is 5.12. The topological polar surface area (TPSA) is 66.8 Å². The van der Waals surface area contributed by atoms with Crippen LogP contribution in [0.2, 0.25) is 0 Å². The molecule has 1 aliphatic heterocycles. The van der Waals surface area contributed by atoms with Crippen LogP contribution >= 0.6 is 0 Å². The Morgan fingerprint density at radius 2 is 1.96 bits per heavy atom. The van der Waals surface area contributed by atoms with E-state index in [9.17, 15) is 0 Å². The van der Waals surface area contributed by atoms with Gasteiger partial charge in [0, 0.05) is 25.1 Å². The zero-order chi connectivity index (χ0) is 17.6. The van der Waals surface area contributed by atoms with Crippen molar-refractivity contribution in [2.45, 2.75) is 25.3 Å². The Bertz CT molecular complexity index is 824. The Morgan fingerprint density at radius 1 is 1.04 bits per heavy atom. The van der Waals surface area contributed by atoms with Gasteiger partial charge in [0.2, 0.25) is 5.95 Å². The predicted octanol–water partition coefficient (Wildman–Crippen LogP) is 3.39. The van der Waals surface area contributed by atoms with Gasteiger partial charge >= 0.3 is 0 Å². The molecule has 1 unspecified atom stereocenters. The highest BCUT2D eigenvalue weighted by molar-refractivity contribution is 5.45. The van der Waals surface area contributed by atoms with Crippen LogP contribution in [0.5, 0.6) is 0 Å². The largest absolute Gasteiger partial charge is 0.307 e. The molecule has 4 rings (SSSR count). The molecule has 1 atom stereocenters. The zero-order valence-corrected chi connectivity index (χ0v) is 14.6. The molecule has 1 saturated heterocycles. The van der Waals surface area contributed by atoms with Crippen LogP contribution in [0.4, 0.5) is 11.8 Å². The van der Waals surface area contributed by atoms with E-state index in [1.54, 1.807) is 18.6 Å². The lowest BCUT2D eigenvalue weighted by Crippen LogP contribution is -2.26. The van der Waals surface area contributed by atoms with Gasteiger partial charge < -0.3 is 5.32 Å². The first-order chi connectivity index (χ1) is 12.9. The second kappa shape index (κ2) is 8.01. The van der Waals surface area contributed by atoms with Crippen LogP contribution in [0.3, 0.4) is 0 Å². The molecule has 0 bridgehead atoms. The van der Waals surface area contributed by atoms with Gasteiger partial charge in [-0.1, -0.05) is 30.3 Å². The van der Waals surface area contributed by atoms with Gasteiger partial charge in [-0.05, 0) is 37.4 Å². The van der Waals surface area contributed by atoms with Gasteiger partial charge in [0.15, 0.2) is 5.82 Å². The molecule has 1 fully saturated rings. The standard InChI is InChI=1S/C20H22N6/c1-2-5-16(6-3-1)9-14-26-13-4-7-18(26)17-8-10-23-20(24-17)25-19-15-21-11-12-22-19/h1-3,5-6,8,10-12,15,18H,4,7,9,13-14H2,(H,22,23,24,25). The number of nitrogens with zero attached hydrogens (tertiary/aromatic N) is 5. The molecule has 3 heterocycles. The van der Waals surface area contributed by atoms with Crippen LogP contribution in [0.1, 0.15) is 30.1 Å². The molecule has 6 nitrogen and oxygen atoms in total. The van der Waals surface area contributed by atoms with Gasteiger partial charge in [0.25, 0.3) is 0 Å². The maximum absolute atomic E-state index is 4.72. The summed E-state index contributed by atoms with van der Waals surface area (Å²) in [7, 11) is 0. The van der Waals surface area contributed by atoms with Crippen molar-refractivity contribution in [3.63, 3.8) is 0 Å². The third-order valence-electron chi connectivity index (χ3n) is 4.72. The molecule has 0 radical (unpaired) electrons. The van der Waals surface area contributed by atoms with E-state index in [1.165, 1.54) is 12.0 Å². The Morgan fingerprint density at radius 3 is 2.81 bits per heavy atom. The summed E-state index contributed by atoms with van der Waals surface area (Å²) in [5.41, 5.74) is 2.45. The minimum Gasteiger partial charge on any atom is -0.307 e. The third kappa shape index (κ3) is 4.03. The fourth-order valence-electron chi connectivity index (χ4n) is 3.44. The average molecular weight is 346 g/mol. The highest BCUT2D eigenvalue weighted by Crippen LogP contribution is 2.31. The van der Waals surface area contributed by atoms with E-state index in [0.29, 0.717) is 17.8 Å². The van der Waals surface area contributed by atoms with Gasteiger partial charge in [-0.15, -0.1) is 0 Å². The zero-order valence-electron chi connectivity index (χ0n) is 14.6. The Balaban J connectivity index is 1.44. The smallest absolute Gasteiger partial charge is 0.228 e. The third-order valence-corrected chi connectivity index (χ3v) is 4.72.